The Balaban J connectivity index is 2.35. The summed E-state index contributed by atoms with van der Waals surface area (Å²) in [5, 5.41) is 17.0. The molecule has 2 aliphatic rings. The first kappa shape index (κ1) is 19.8. The lowest BCUT2D eigenvalue weighted by atomic mass is 9.92. The first-order valence-corrected chi connectivity index (χ1v) is 7.79. The van der Waals surface area contributed by atoms with Crippen LogP contribution in [0, 0.1) is 0 Å². The van der Waals surface area contributed by atoms with Gasteiger partial charge in [-0.05, 0) is 25.5 Å². The van der Waals surface area contributed by atoms with Gasteiger partial charge < -0.3 is 29.4 Å². The number of rotatable bonds is 6. The zero-order valence-corrected chi connectivity index (χ0v) is 14.5. The zero-order valence-electron chi connectivity index (χ0n) is 14.5. The van der Waals surface area contributed by atoms with Crippen molar-refractivity contribution in [3.8, 4) is 0 Å². The molecule has 11 nitrogen and oxygen atoms in total. The van der Waals surface area contributed by atoms with Crippen LogP contribution >= 0.6 is 0 Å². The molecule has 0 bridgehead atoms. The third-order valence-electron chi connectivity index (χ3n) is 3.96. The molecule has 2 aliphatic heterocycles. The van der Waals surface area contributed by atoms with Crippen LogP contribution < -0.4 is 5.32 Å². The summed E-state index contributed by atoms with van der Waals surface area (Å²) < 4.78 is 21.3. The largest absolute Gasteiger partial charge is 0.478 e. The van der Waals surface area contributed by atoms with E-state index in [0.717, 1.165) is 13.3 Å². The minimum atomic E-state index is -1.26. The summed E-state index contributed by atoms with van der Waals surface area (Å²) in [4.78, 5) is 25.2. The van der Waals surface area contributed by atoms with E-state index < -0.39 is 42.2 Å². The van der Waals surface area contributed by atoms with Crippen molar-refractivity contribution in [1.29, 1.82) is 0 Å². The average Bonchev–Trinajstić information content (AvgIpc) is 2.98. The molecular formula is C15H20N4O7. The van der Waals surface area contributed by atoms with Gasteiger partial charge in [0.05, 0.1) is 32.0 Å². The lowest BCUT2D eigenvalue weighted by Gasteiger charge is -2.38. The number of carbonyl (C=O) groups excluding carboxylic acids is 2. The fourth-order valence-corrected chi connectivity index (χ4v) is 2.79. The molecule has 2 heterocycles. The number of carbonyl (C=O) groups is 1. The summed E-state index contributed by atoms with van der Waals surface area (Å²) in [7, 11) is 1.16. The van der Waals surface area contributed by atoms with Gasteiger partial charge >= 0.3 is 5.97 Å². The van der Waals surface area contributed by atoms with E-state index in [2.05, 4.69) is 20.1 Å². The van der Waals surface area contributed by atoms with Crippen LogP contribution in [0.4, 0.5) is 0 Å². The topological polar surface area (TPSA) is 152 Å². The number of nitrogens with one attached hydrogen (secondary N) is 1. The molecule has 0 amide bonds. The van der Waals surface area contributed by atoms with Crippen molar-refractivity contribution < 1.29 is 33.6 Å². The van der Waals surface area contributed by atoms with E-state index in [1.54, 1.807) is 13.8 Å². The molecule has 2 rings (SSSR count). The Bertz CT molecular complexity index is 667. The SMILES string of the molecule is COC(=O)C1=CC(N=[N+]=[N-])C(NC=C=O)C(C(O)C2COC(C)(C)O2)O1. The van der Waals surface area contributed by atoms with Gasteiger partial charge in [0.25, 0.3) is 0 Å². The molecule has 0 aromatic heterocycles. The van der Waals surface area contributed by atoms with Gasteiger partial charge in [0.1, 0.15) is 24.3 Å². The first-order valence-electron chi connectivity index (χ1n) is 7.79. The van der Waals surface area contributed by atoms with Gasteiger partial charge in [-0.15, -0.1) is 0 Å². The van der Waals surface area contributed by atoms with E-state index in [1.807, 2.05) is 0 Å². The van der Waals surface area contributed by atoms with Crippen LogP contribution in [-0.2, 0) is 28.5 Å². The van der Waals surface area contributed by atoms with Crippen molar-refractivity contribution in [2.24, 2.45) is 5.11 Å². The third kappa shape index (κ3) is 4.34. The lowest BCUT2D eigenvalue weighted by molar-refractivity contribution is -0.168. The van der Waals surface area contributed by atoms with Gasteiger partial charge in [-0.25, -0.2) is 9.59 Å². The monoisotopic (exact) mass is 368 g/mol. The Hall–Kier alpha value is -2.55. The molecule has 142 valence electrons. The number of azide groups is 1. The number of methoxy groups -OCH3 is 1. The summed E-state index contributed by atoms with van der Waals surface area (Å²) in [6, 6.07) is -1.80. The number of esters is 1. The molecule has 0 radical (unpaired) electrons. The van der Waals surface area contributed by atoms with Crippen LogP contribution in [0.25, 0.3) is 10.4 Å². The molecule has 0 aliphatic carbocycles. The van der Waals surface area contributed by atoms with Crippen LogP contribution in [0.15, 0.2) is 23.1 Å². The standard InChI is InChI=1S/C15H20N4O7/c1-15(2)24-7-10(26-15)12(21)13-11(17-4-5-20)8(18-19-16)6-9(25-13)14(22)23-3/h4,6,8,10-13,17,21H,7H2,1-3H3. The summed E-state index contributed by atoms with van der Waals surface area (Å²) in [5.41, 5.74) is 8.80. The summed E-state index contributed by atoms with van der Waals surface area (Å²) in [6.45, 7) is 3.47. The Morgan fingerprint density at radius 2 is 2.38 bits per heavy atom. The predicted molar refractivity (Wildman–Crippen MR) is 86.0 cm³/mol. The fraction of sp³-hybridized carbons (Fsp3) is 0.667. The number of aliphatic hydroxyl groups is 1. The molecule has 1 saturated heterocycles. The van der Waals surface area contributed by atoms with E-state index in [-0.39, 0.29) is 12.4 Å². The highest BCUT2D eigenvalue weighted by Gasteiger charge is 2.47. The van der Waals surface area contributed by atoms with Crippen molar-refractivity contribution in [3.05, 3.63) is 28.5 Å². The Kier molecular flexibility index (Phi) is 6.25. The molecule has 2 N–H and O–H groups in total. The minimum absolute atomic E-state index is 0.0910. The van der Waals surface area contributed by atoms with Gasteiger partial charge in [0.2, 0.25) is 5.76 Å². The average molecular weight is 368 g/mol. The summed E-state index contributed by atoms with van der Waals surface area (Å²) in [6.07, 6.45) is -0.916. The fourth-order valence-electron chi connectivity index (χ4n) is 2.79. The van der Waals surface area contributed by atoms with Crippen LogP contribution in [0.1, 0.15) is 13.8 Å². The molecule has 0 saturated carbocycles. The van der Waals surface area contributed by atoms with Crippen LogP contribution in [0.3, 0.4) is 0 Å². The van der Waals surface area contributed by atoms with Crippen molar-refractivity contribution in [1.82, 2.24) is 5.32 Å². The first-order chi connectivity index (χ1) is 12.3. The summed E-state index contributed by atoms with van der Waals surface area (Å²) >= 11 is 0. The highest BCUT2D eigenvalue weighted by atomic mass is 16.7. The number of hydrogen-bond acceptors (Lipinski definition) is 9. The normalized spacial score (nSPS) is 30.7. The van der Waals surface area contributed by atoms with E-state index in [4.69, 9.17) is 19.7 Å². The highest BCUT2D eigenvalue weighted by Crippen LogP contribution is 2.30. The Labute approximate surface area is 149 Å². The number of nitrogens with zero attached hydrogens (tertiary/aromatic N) is 3. The maximum Gasteiger partial charge on any atom is 0.372 e. The third-order valence-corrected chi connectivity index (χ3v) is 3.96. The van der Waals surface area contributed by atoms with Gasteiger partial charge in [0, 0.05) is 4.91 Å². The van der Waals surface area contributed by atoms with Crippen molar-refractivity contribution in [2.45, 2.75) is 50.0 Å². The van der Waals surface area contributed by atoms with Crippen molar-refractivity contribution in [3.63, 3.8) is 0 Å². The quantitative estimate of drug-likeness (QED) is 0.217. The highest BCUT2D eigenvalue weighted by molar-refractivity contribution is 5.86. The van der Waals surface area contributed by atoms with Crippen LogP contribution in [-0.4, -0.2) is 66.9 Å². The Morgan fingerprint density at radius 1 is 1.65 bits per heavy atom. The van der Waals surface area contributed by atoms with Gasteiger partial charge in [-0.1, -0.05) is 5.11 Å². The predicted octanol–water partition coefficient (Wildman–Crippen LogP) is -0.0631. The Morgan fingerprint density at radius 3 is 2.92 bits per heavy atom. The lowest BCUT2D eigenvalue weighted by Crippen LogP contribution is -2.57. The maximum absolute atomic E-state index is 11.9. The molecule has 11 heteroatoms. The molecule has 0 aromatic rings. The molecule has 0 spiro atoms. The number of aliphatic hydroxyl groups excluding tert-OH is 1. The second-order valence-corrected chi connectivity index (χ2v) is 6.11. The van der Waals surface area contributed by atoms with Crippen molar-refractivity contribution >= 4 is 11.9 Å². The second kappa shape index (κ2) is 8.22. The van der Waals surface area contributed by atoms with Crippen LogP contribution in [0.2, 0.25) is 0 Å². The smallest absolute Gasteiger partial charge is 0.372 e. The van der Waals surface area contributed by atoms with E-state index >= 15 is 0 Å². The zero-order chi connectivity index (χ0) is 19.3. The van der Waals surface area contributed by atoms with Crippen molar-refractivity contribution in [2.75, 3.05) is 13.7 Å². The second-order valence-electron chi connectivity index (χ2n) is 6.11. The van der Waals surface area contributed by atoms with Gasteiger partial charge in [-0.2, -0.15) is 0 Å². The van der Waals surface area contributed by atoms with Crippen LogP contribution in [0.5, 0.6) is 0 Å². The van der Waals surface area contributed by atoms with E-state index in [0.29, 0.717) is 0 Å². The van der Waals surface area contributed by atoms with Gasteiger partial charge in [0.15, 0.2) is 5.79 Å². The molecule has 5 atom stereocenters. The molecule has 26 heavy (non-hydrogen) atoms. The molecule has 1 fully saturated rings. The molecule has 5 unspecified atom stereocenters. The van der Waals surface area contributed by atoms with E-state index in [1.165, 1.54) is 12.0 Å². The summed E-state index contributed by atoms with van der Waals surface area (Å²) in [5.74, 6) is -0.373. The van der Waals surface area contributed by atoms with E-state index in [9.17, 15) is 14.7 Å². The van der Waals surface area contributed by atoms with Gasteiger partial charge in [-0.3, -0.25) is 0 Å². The number of hydrogen-bond donors (Lipinski definition) is 2. The minimum Gasteiger partial charge on any atom is -0.478 e. The number of ether oxygens (including phenoxy) is 4. The molecule has 0 aromatic carbocycles. The maximum atomic E-state index is 11.9. The molecular weight excluding hydrogens is 348 g/mol.